The average Bonchev–Trinajstić information content (AvgIpc) is 4.18. The summed E-state index contributed by atoms with van der Waals surface area (Å²) in [6, 6.07) is 74.6. The number of fused-ring (bicyclic) bond motifs is 8. The second kappa shape index (κ2) is 18.4. The SMILES string of the molecule is CC(C)(C)c1cc(-c2cccc(-c3cccc(-c4ccccc4)c3)c2N2CN(c3cccc(Oc4ccc5c6ccc7oc8ccccc8c7c6n(-c6cc(C(C)(C)C)ccn6)c5c4)c3)c3ccccc32)cc(C(C)(C)C)c1. The molecule has 0 bridgehead atoms. The summed E-state index contributed by atoms with van der Waals surface area (Å²) < 4.78 is 15.8. The van der Waals surface area contributed by atoms with Gasteiger partial charge in [0.25, 0.3) is 0 Å². The van der Waals surface area contributed by atoms with Crippen LogP contribution in [0.5, 0.6) is 11.5 Å². The highest BCUT2D eigenvalue weighted by atomic mass is 16.5. The third-order valence-corrected chi connectivity index (χ3v) is 15.8. The molecule has 0 atom stereocenters. The number of hydrogen-bond acceptors (Lipinski definition) is 5. The van der Waals surface area contributed by atoms with Gasteiger partial charge in [0, 0.05) is 51.3 Å². The first-order chi connectivity index (χ1) is 37.5. The summed E-state index contributed by atoms with van der Waals surface area (Å²) in [6.45, 7) is 21.2. The van der Waals surface area contributed by atoms with Gasteiger partial charge in [-0.1, -0.05) is 184 Å². The van der Waals surface area contributed by atoms with Crippen molar-refractivity contribution < 1.29 is 9.15 Å². The molecular weight excluding hydrogens is 953 g/mol. The van der Waals surface area contributed by atoms with Crippen molar-refractivity contribution in [3.8, 4) is 50.7 Å². The molecule has 6 heteroatoms. The van der Waals surface area contributed by atoms with Crippen LogP contribution in [0.3, 0.4) is 0 Å². The zero-order valence-electron chi connectivity index (χ0n) is 46.0. The number of hydrogen-bond donors (Lipinski definition) is 0. The number of rotatable bonds is 8. The second-order valence-electron chi connectivity index (χ2n) is 24.1. The molecule has 4 heterocycles. The molecule has 0 aliphatic carbocycles. The first-order valence-corrected chi connectivity index (χ1v) is 27.3. The number of ether oxygens (including phenoxy) is 1. The van der Waals surface area contributed by atoms with Gasteiger partial charge >= 0.3 is 0 Å². The van der Waals surface area contributed by atoms with Crippen LogP contribution in [0.4, 0.5) is 22.7 Å². The van der Waals surface area contributed by atoms with Gasteiger partial charge in [-0.05, 0) is 128 Å². The van der Waals surface area contributed by atoms with E-state index >= 15 is 0 Å². The monoisotopic (exact) mass is 1020 g/mol. The highest BCUT2D eigenvalue weighted by Gasteiger charge is 2.33. The molecule has 0 spiro atoms. The molecule has 1 aliphatic rings. The fourth-order valence-electron chi connectivity index (χ4n) is 11.5. The summed E-state index contributed by atoms with van der Waals surface area (Å²) in [6.07, 6.45) is 1.93. The van der Waals surface area contributed by atoms with Gasteiger partial charge in [0.1, 0.15) is 35.2 Å². The average molecular weight is 1020 g/mol. The van der Waals surface area contributed by atoms with E-state index in [1.807, 2.05) is 18.3 Å². The Kier molecular flexibility index (Phi) is 11.5. The molecule has 384 valence electrons. The Morgan fingerprint density at radius 2 is 1.06 bits per heavy atom. The molecule has 0 radical (unpaired) electrons. The summed E-state index contributed by atoms with van der Waals surface area (Å²) in [4.78, 5) is 10.0. The Morgan fingerprint density at radius 1 is 0.436 bits per heavy atom. The van der Waals surface area contributed by atoms with E-state index in [9.17, 15) is 0 Å². The number of benzene rings is 9. The van der Waals surface area contributed by atoms with E-state index in [4.69, 9.17) is 14.1 Å². The van der Waals surface area contributed by atoms with Gasteiger partial charge in [0.15, 0.2) is 0 Å². The Hall–Kier alpha value is -8.87. The molecule has 12 aromatic rings. The van der Waals surface area contributed by atoms with Crippen LogP contribution in [0.2, 0.25) is 0 Å². The summed E-state index contributed by atoms with van der Waals surface area (Å²) in [7, 11) is 0. The Balaban J connectivity index is 0.929. The lowest BCUT2D eigenvalue weighted by Gasteiger charge is -2.29. The van der Waals surface area contributed by atoms with Crippen molar-refractivity contribution in [2.75, 3.05) is 16.5 Å². The van der Waals surface area contributed by atoms with Gasteiger partial charge < -0.3 is 19.0 Å². The van der Waals surface area contributed by atoms with E-state index < -0.39 is 0 Å². The van der Waals surface area contributed by atoms with Crippen molar-refractivity contribution in [3.63, 3.8) is 0 Å². The van der Waals surface area contributed by atoms with Gasteiger partial charge in [-0.2, -0.15) is 0 Å². The number of furan rings is 1. The van der Waals surface area contributed by atoms with E-state index in [0.29, 0.717) is 6.67 Å². The first kappa shape index (κ1) is 48.8. The zero-order chi connectivity index (χ0) is 53.7. The van der Waals surface area contributed by atoms with Crippen LogP contribution in [0.25, 0.3) is 82.9 Å². The zero-order valence-corrected chi connectivity index (χ0v) is 46.0. The normalized spacial score (nSPS) is 13.1. The van der Waals surface area contributed by atoms with Crippen LogP contribution in [0.1, 0.15) is 79.0 Å². The first-order valence-electron chi connectivity index (χ1n) is 27.3. The molecular formula is C72H64N4O2. The maximum absolute atomic E-state index is 6.98. The van der Waals surface area contributed by atoms with Crippen LogP contribution in [0.15, 0.2) is 217 Å². The van der Waals surface area contributed by atoms with E-state index in [0.717, 1.165) is 78.1 Å². The van der Waals surface area contributed by atoms with Crippen molar-refractivity contribution in [2.24, 2.45) is 0 Å². The number of para-hydroxylation sites is 4. The van der Waals surface area contributed by atoms with Crippen LogP contribution < -0.4 is 14.5 Å². The van der Waals surface area contributed by atoms with Gasteiger partial charge in [-0.15, -0.1) is 0 Å². The number of anilines is 4. The molecule has 0 amide bonds. The molecule has 0 saturated carbocycles. The van der Waals surface area contributed by atoms with Gasteiger partial charge in [0.2, 0.25) is 0 Å². The second-order valence-corrected chi connectivity index (χ2v) is 24.1. The smallest absolute Gasteiger partial charge is 0.137 e. The lowest BCUT2D eigenvalue weighted by Crippen LogP contribution is -2.25. The topological polar surface area (TPSA) is 46.7 Å². The molecule has 0 unspecified atom stereocenters. The van der Waals surface area contributed by atoms with E-state index in [1.165, 1.54) is 55.8 Å². The molecule has 9 aromatic carbocycles. The number of nitrogens with zero attached hydrogens (tertiary/aromatic N) is 4. The van der Waals surface area contributed by atoms with Gasteiger partial charge in [0.05, 0.1) is 33.5 Å². The minimum atomic E-state index is -0.0748. The minimum absolute atomic E-state index is 0.0519. The van der Waals surface area contributed by atoms with Crippen LogP contribution in [-0.2, 0) is 16.2 Å². The Bertz CT molecular complexity index is 4260. The quantitative estimate of drug-likeness (QED) is 0.152. The molecule has 6 nitrogen and oxygen atoms in total. The van der Waals surface area contributed by atoms with Crippen LogP contribution in [0, 0.1) is 0 Å². The van der Waals surface area contributed by atoms with E-state index in [1.54, 1.807) is 0 Å². The van der Waals surface area contributed by atoms with Crippen LogP contribution >= 0.6 is 0 Å². The summed E-state index contributed by atoms with van der Waals surface area (Å²) >= 11 is 0. The maximum atomic E-state index is 6.98. The lowest BCUT2D eigenvalue weighted by molar-refractivity contribution is 0.483. The predicted molar refractivity (Wildman–Crippen MR) is 327 cm³/mol. The lowest BCUT2D eigenvalue weighted by atomic mass is 9.78. The fraction of sp³-hybridized carbons (Fsp3) is 0.181. The van der Waals surface area contributed by atoms with E-state index in [-0.39, 0.29) is 16.2 Å². The Labute approximate surface area is 457 Å². The van der Waals surface area contributed by atoms with Crippen LogP contribution in [-0.4, -0.2) is 16.2 Å². The van der Waals surface area contributed by atoms with Crippen molar-refractivity contribution in [1.82, 2.24) is 9.55 Å². The minimum Gasteiger partial charge on any atom is -0.457 e. The van der Waals surface area contributed by atoms with Gasteiger partial charge in [-0.25, -0.2) is 4.98 Å². The molecule has 0 N–H and O–H groups in total. The molecule has 3 aromatic heterocycles. The summed E-state index contributed by atoms with van der Waals surface area (Å²) in [5, 5.41) is 4.39. The predicted octanol–water partition coefficient (Wildman–Crippen LogP) is 20.0. The summed E-state index contributed by atoms with van der Waals surface area (Å²) in [5.41, 5.74) is 19.0. The standard InChI is InChI=1S/C72H64N4O2/c1-70(2,3)50-36-37-73-66(42-50)76-63-44-55(32-33-58(63)59-34-35-65-67(69(59)76)60-26-13-16-31-64(60)78-65)77-54-25-18-24-53(43-54)74-45-75(62-30-15-14-29-61(62)74)68-56(48-23-17-22-47(38-48)46-20-11-10-12-21-46)27-19-28-57(68)49-39-51(71(4,5)6)41-52(40-49)72(7,8)9/h10-44H,45H2,1-9H3. The van der Waals surface area contributed by atoms with Gasteiger partial charge in [-0.3, -0.25) is 4.57 Å². The molecule has 0 fully saturated rings. The third-order valence-electron chi connectivity index (χ3n) is 15.8. The number of aromatic nitrogens is 2. The number of pyridine rings is 1. The largest absolute Gasteiger partial charge is 0.457 e. The van der Waals surface area contributed by atoms with Crippen molar-refractivity contribution in [1.29, 1.82) is 0 Å². The van der Waals surface area contributed by atoms with E-state index in [2.05, 4.69) is 271 Å². The van der Waals surface area contributed by atoms with Crippen molar-refractivity contribution >= 4 is 66.5 Å². The fourth-order valence-corrected chi connectivity index (χ4v) is 11.5. The van der Waals surface area contributed by atoms with Crippen molar-refractivity contribution in [3.05, 3.63) is 229 Å². The summed E-state index contributed by atoms with van der Waals surface area (Å²) in [5.74, 6) is 2.33. The Morgan fingerprint density at radius 3 is 1.82 bits per heavy atom. The maximum Gasteiger partial charge on any atom is 0.137 e. The molecule has 78 heavy (non-hydrogen) atoms. The molecule has 1 aliphatic heterocycles. The molecule has 13 rings (SSSR count). The van der Waals surface area contributed by atoms with Crippen molar-refractivity contribution in [2.45, 2.75) is 78.6 Å². The highest BCUT2D eigenvalue weighted by Crippen LogP contribution is 2.52. The third kappa shape index (κ3) is 8.57. The highest BCUT2D eigenvalue weighted by molar-refractivity contribution is 6.24. The molecule has 0 saturated heterocycles.